The number of nitrogens with two attached hydrogens (primary N) is 1. The first-order valence-electron chi connectivity index (χ1n) is 14.4. The molecular formula is C34H35N3O7S. The number of carbonyl (C=O) groups is 3. The van der Waals surface area contributed by atoms with Gasteiger partial charge in [-0.25, -0.2) is 13.6 Å². The van der Waals surface area contributed by atoms with E-state index in [9.17, 15) is 33.0 Å². The van der Waals surface area contributed by atoms with Crippen molar-refractivity contribution in [1.82, 2.24) is 10.2 Å². The van der Waals surface area contributed by atoms with E-state index in [-0.39, 0.29) is 36.9 Å². The number of rotatable bonds is 14. The van der Waals surface area contributed by atoms with Gasteiger partial charge in [-0.3, -0.25) is 14.4 Å². The van der Waals surface area contributed by atoms with Gasteiger partial charge in [-0.05, 0) is 59.4 Å². The van der Waals surface area contributed by atoms with Crippen LogP contribution in [0.4, 0.5) is 0 Å². The number of benzene rings is 4. The second-order valence-corrected chi connectivity index (χ2v) is 12.0. The number of nitrogens with zero attached hydrogens (tertiary/aromatic N) is 1. The zero-order valence-corrected chi connectivity index (χ0v) is 25.3. The number of carboxylic acid groups (broad SMARTS) is 1. The zero-order chi connectivity index (χ0) is 32.4. The lowest BCUT2D eigenvalue weighted by Gasteiger charge is -2.24. The van der Waals surface area contributed by atoms with Crippen LogP contribution in [0.3, 0.4) is 0 Å². The number of carboxylic acids is 1. The molecule has 0 radical (unpaired) electrons. The number of amides is 2. The van der Waals surface area contributed by atoms with Gasteiger partial charge in [-0.15, -0.1) is 0 Å². The summed E-state index contributed by atoms with van der Waals surface area (Å²) in [6.45, 7) is -0.0156. The second kappa shape index (κ2) is 15.2. The molecule has 45 heavy (non-hydrogen) atoms. The molecule has 234 valence electrons. The number of hydrogen-bond acceptors (Lipinski definition) is 6. The van der Waals surface area contributed by atoms with Crippen molar-refractivity contribution in [1.29, 1.82) is 0 Å². The predicted octanol–water partition coefficient (Wildman–Crippen LogP) is 4.01. The molecule has 1 unspecified atom stereocenters. The molecule has 4 rings (SSSR count). The molecule has 0 fully saturated rings. The molecule has 11 heteroatoms. The Morgan fingerprint density at radius 3 is 1.96 bits per heavy atom. The molecule has 4 aromatic carbocycles. The Morgan fingerprint density at radius 1 is 0.778 bits per heavy atom. The summed E-state index contributed by atoms with van der Waals surface area (Å²) in [6, 6.07) is 28.6. The lowest BCUT2D eigenvalue weighted by Crippen LogP contribution is -2.35. The summed E-state index contributed by atoms with van der Waals surface area (Å²) >= 11 is 0. The fourth-order valence-corrected chi connectivity index (χ4v) is 5.53. The van der Waals surface area contributed by atoms with Gasteiger partial charge in [0.05, 0.1) is 17.4 Å². The quantitative estimate of drug-likeness (QED) is 0.163. The third kappa shape index (κ3) is 8.85. The first-order chi connectivity index (χ1) is 21.6. The summed E-state index contributed by atoms with van der Waals surface area (Å²) in [4.78, 5) is 40.5. The monoisotopic (exact) mass is 629 g/mol. The fourth-order valence-electron chi connectivity index (χ4n) is 5.02. The van der Waals surface area contributed by atoms with Gasteiger partial charge >= 0.3 is 5.97 Å². The summed E-state index contributed by atoms with van der Waals surface area (Å²) in [5.41, 5.74) is 3.24. The highest BCUT2D eigenvalue weighted by atomic mass is 32.2. The maximum atomic E-state index is 14.0. The average Bonchev–Trinajstić information content (AvgIpc) is 3.04. The molecule has 0 aromatic heterocycles. The summed E-state index contributed by atoms with van der Waals surface area (Å²) < 4.78 is 23.2. The van der Waals surface area contributed by atoms with E-state index in [2.05, 4.69) is 5.32 Å². The van der Waals surface area contributed by atoms with E-state index in [1.807, 2.05) is 30.3 Å². The Morgan fingerprint density at radius 2 is 1.36 bits per heavy atom. The first-order valence-corrected chi connectivity index (χ1v) is 15.9. The van der Waals surface area contributed by atoms with Gasteiger partial charge < -0.3 is 20.4 Å². The molecule has 0 heterocycles. The van der Waals surface area contributed by atoms with E-state index in [1.165, 1.54) is 17.0 Å². The third-order valence-corrected chi connectivity index (χ3v) is 8.28. The molecule has 4 aromatic rings. The van der Waals surface area contributed by atoms with Crippen molar-refractivity contribution in [2.75, 3.05) is 19.7 Å². The van der Waals surface area contributed by atoms with Gasteiger partial charge in [0.2, 0.25) is 10.0 Å². The molecular weight excluding hydrogens is 594 g/mol. The summed E-state index contributed by atoms with van der Waals surface area (Å²) in [5.74, 6) is -1.84. The van der Waals surface area contributed by atoms with Gasteiger partial charge in [0.1, 0.15) is 0 Å². The molecule has 10 nitrogen and oxygen atoms in total. The van der Waals surface area contributed by atoms with Gasteiger partial charge in [-0.2, -0.15) is 0 Å². The summed E-state index contributed by atoms with van der Waals surface area (Å²) in [6.07, 6.45) is 0.377. The highest BCUT2D eigenvalue weighted by molar-refractivity contribution is 7.89. The Balaban J connectivity index is 1.63. The van der Waals surface area contributed by atoms with E-state index in [1.54, 1.807) is 60.7 Å². The van der Waals surface area contributed by atoms with E-state index < -0.39 is 27.9 Å². The minimum absolute atomic E-state index is 0.0341. The van der Waals surface area contributed by atoms with Crippen molar-refractivity contribution >= 4 is 27.8 Å². The molecule has 0 saturated heterocycles. The van der Waals surface area contributed by atoms with Crippen LogP contribution in [0.25, 0.3) is 11.1 Å². The van der Waals surface area contributed by atoms with Crippen LogP contribution in [-0.2, 0) is 21.2 Å². The number of nitrogens with one attached hydrogen (secondary N) is 1. The maximum absolute atomic E-state index is 14.0. The van der Waals surface area contributed by atoms with Gasteiger partial charge in [-0.1, -0.05) is 78.9 Å². The largest absolute Gasteiger partial charge is 0.481 e. The van der Waals surface area contributed by atoms with E-state index in [0.29, 0.717) is 35.1 Å². The number of primary sulfonamides is 1. The predicted molar refractivity (Wildman–Crippen MR) is 170 cm³/mol. The van der Waals surface area contributed by atoms with Crippen LogP contribution in [0, 0.1) is 0 Å². The SMILES string of the molecule is NS(=O)(=O)c1ccc(CCN(CCC(=O)O)C(=O)c2ccccc2-c2ccccc2C(=O)NC(CCO)c2ccccc2)cc1. The Bertz CT molecular complexity index is 1740. The molecule has 0 aliphatic carbocycles. The number of aliphatic hydroxyl groups is 1. The topological polar surface area (TPSA) is 167 Å². The van der Waals surface area contributed by atoms with E-state index >= 15 is 0 Å². The standard InChI is InChI=1S/C34H35N3O7S/c35-45(43,44)26-16-14-24(15-17-26)18-21-37(22-19-32(39)40)34(42)30-13-7-5-11-28(30)27-10-4-6-12-29(27)33(41)36-31(20-23-38)25-8-2-1-3-9-25/h1-17,31,38H,18-23H2,(H,36,41)(H,39,40)(H2,35,43,44). The normalized spacial score (nSPS) is 11.9. The van der Waals surface area contributed by atoms with Crippen LogP contribution in [0.15, 0.2) is 108 Å². The van der Waals surface area contributed by atoms with Crippen molar-refractivity contribution in [3.05, 3.63) is 125 Å². The van der Waals surface area contributed by atoms with Crippen molar-refractivity contribution in [3.8, 4) is 11.1 Å². The lowest BCUT2D eigenvalue weighted by atomic mass is 9.93. The van der Waals surface area contributed by atoms with Gasteiger partial charge in [0.25, 0.3) is 11.8 Å². The van der Waals surface area contributed by atoms with Gasteiger partial charge in [0, 0.05) is 30.8 Å². The maximum Gasteiger partial charge on any atom is 0.305 e. The number of aliphatic hydroxyl groups excluding tert-OH is 1. The molecule has 0 aliphatic heterocycles. The van der Waals surface area contributed by atoms with Crippen molar-refractivity contribution < 1.29 is 33.0 Å². The molecule has 0 saturated carbocycles. The lowest BCUT2D eigenvalue weighted by molar-refractivity contribution is -0.137. The van der Waals surface area contributed by atoms with Crippen LogP contribution in [0.5, 0.6) is 0 Å². The number of carbonyl (C=O) groups excluding carboxylic acids is 2. The molecule has 0 spiro atoms. The van der Waals surface area contributed by atoms with Crippen LogP contribution in [0.1, 0.15) is 50.7 Å². The second-order valence-electron chi connectivity index (χ2n) is 10.4. The van der Waals surface area contributed by atoms with Gasteiger partial charge in [0.15, 0.2) is 0 Å². The highest BCUT2D eigenvalue weighted by Crippen LogP contribution is 2.29. The minimum Gasteiger partial charge on any atom is -0.481 e. The molecule has 2 amide bonds. The molecule has 0 bridgehead atoms. The average molecular weight is 630 g/mol. The Hall–Kier alpha value is -4.84. The highest BCUT2D eigenvalue weighted by Gasteiger charge is 2.24. The van der Waals surface area contributed by atoms with Crippen LogP contribution >= 0.6 is 0 Å². The first kappa shape index (κ1) is 33.1. The minimum atomic E-state index is -3.85. The summed E-state index contributed by atoms with van der Waals surface area (Å²) in [7, 11) is -3.85. The Kier molecular flexibility index (Phi) is 11.2. The number of hydrogen-bond donors (Lipinski definition) is 4. The molecule has 0 aliphatic rings. The van der Waals surface area contributed by atoms with Crippen molar-refractivity contribution in [2.24, 2.45) is 5.14 Å². The van der Waals surface area contributed by atoms with Crippen LogP contribution in [0.2, 0.25) is 0 Å². The summed E-state index contributed by atoms with van der Waals surface area (Å²) in [5, 5.41) is 27.2. The van der Waals surface area contributed by atoms with E-state index in [0.717, 1.165) is 11.1 Å². The van der Waals surface area contributed by atoms with Crippen molar-refractivity contribution in [3.63, 3.8) is 0 Å². The van der Waals surface area contributed by atoms with E-state index in [4.69, 9.17) is 5.14 Å². The van der Waals surface area contributed by atoms with Crippen LogP contribution < -0.4 is 10.5 Å². The van der Waals surface area contributed by atoms with Crippen LogP contribution in [-0.4, -0.2) is 61.0 Å². The molecule has 5 N–H and O–H groups in total. The smallest absolute Gasteiger partial charge is 0.305 e. The number of aliphatic carboxylic acids is 1. The fraction of sp³-hybridized carbons (Fsp3) is 0.206. The third-order valence-electron chi connectivity index (χ3n) is 7.35. The Labute approximate surface area is 262 Å². The number of sulfonamides is 1. The molecule has 1 atom stereocenters. The zero-order valence-electron chi connectivity index (χ0n) is 24.5. The van der Waals surface area contributed by atoms with Crippen molar-refractivity contribution in [2.45, 2.75) is 30.2 Å².